The van der Waals surface area contributed by atoms with Gasteiger partial charge in [-0.2, -0.15) is 4.57 Å². The molecule has 4 rings (SSSR count). The molecule has 27 heavy (non-hydrogen) atoms. The Bertz CT molecular complexity index is 1030. The van der Waals surface area contributed by atoms with E-state index in [1.165, 1.54) is 39.1 Å². The summed E-state index contributed by atoms with van der Waals surface area (Å²) in [5.74, 6) is 0. The second-order valence-electron chi connectivity index (χ2n) is 6.77. The number of likely N-dealkylation sites (N-methyl/N-ethyl adjacent to an activating group) is 1. The summed E-state index contributed by atoms with van der Waals surface area (Å²) in [6.45, 7) is 8.47. The summed E-state index contributed by atoms with van der Waals surface area (Å²) < 4.78 is 2.39. The number of rotatable bonds is 3. The predicted octanol–water partition coefficient (Wildman–Crippen LogP) is 2.35. The van der Waals surface area contributed by atoms with Crippen LogP contribution < -0.4 is 33.4 Å². The van der Waals surface area contributed by atoms with Gasteiger partial charge in [-0.3, -0.25) is 0 Å². The Labute approximate surface area is 178 Å². The van der Waals surface area contributed by atoms with Crippen molar-refractivity contribution in [3.05, 3.63) is 83.2 Å². The first kappa shape index (κ1) is 19.6. The SMILES string of the molecule is CCN1/C(=C/c2ccc3cc(C)ccc3[n+]2CC)C=Cc2ccccc21.[I-]. The van der Waals surface area contributed by atoms with Crippen LogP contribution in [-0.2, 0) is 6.54 Å². The van der Waals surface area contributed by atoms with Crippen molar-refractivity contribution < 1.29 is 28.5 Å². The highest BCUT2D eigenvalue weighted by molar-refractivity contribution is 5.80. The molecule has 1 aromatic heterocycles. The molecule has 0 unspecified atom stereocenters. The number of pyridine rings is 1. The lowest BCUT2D eigenvalue weighted by atomic mass is 10.0. The molecule has 1 aliphatic heterocycles. The number of benzene rings is 2. The second-order valence-corrected chi connectivity index (χ2v) is 6.77. The zero-order chi connectivity index (χ0) is 18.1. The fraction of sp³-hybridized carbons (Fsp3) is 0.208. The highest BCUT2D eigenvalue weighted by atomic mass is 127. The molecule has 2 nitrogen and oxygen atoms in total. The van der Waals surface area contributed by atoms with E-state index >= 15 is 0 Å². The van der Waals surface area contributed by atoms with Crippen molar-refractivity contribution in [2.24, 2.45) is 0 Å². The number of hydrogen-bond acceptors (Lipinski definition) is 1. The van der Waals surface area contributed by atoms with Gasteiger partial charge >= 0.3 is 0 Å². The third kappa shape index (κ3) is 3.65. The van der Waals surface area contributed by atoms with Crippen LogP contribution in [0.25, 0.3) is 23.1 Å². The van der Waals surface area contributed by atoms with Crippen LogP contribution in [0, 0.1) is 6.92 Å². The van der Waals surface area contributed by atoms with E-state index in [1.54, 1.807) is 0 Å². The van der Waals surface area contributed by atoms with E-state index in [2.05, 4.69) is 103 Å². The number of anilines is 1. The van der Waals surface area contributed by atoms with Crippen LogP contribution in [-0.4, -0.2) is 6.54 Å². The molecule has 2 heterocycles. The topological polar surface area (TPSA) is 7.12 Å². The monoisotopic (exact) mass is 468 g/mol. The molecule has 3 aromatic rings. The molecule has 0 atom stereocenters. The van der Waals surface area contributed by atoms with Crippen LogP contribution in [0.15, 0.2) is 66.4 Å². The maximum absolute atomic E-state index is 2.39. The Hall–Kier alpha value is -2.14. The maximum Gasteiger partial charge on any atom is 0.212 e. The van der Waals surface area contributed by atoms with Crippen LogP contribution >= 0.6 is 0 Å². The van der Waals surface area contributed by atoms with Crippen LogP contribution in [0.4, 0.5) is 5.69 Å². The lowest BCUT2D eigenvalue weighted by molar-refractivity contribution is -0.669. The normalized spacial score (nSPS) is 14.3. The Balaban J connectivity index is 0.00000210. The van der Waals surface area contributed by atoms with Gasteiger partial charge in [-0.25, -0.2) is 0 Å². The molecule has 0 amide bonds. The van der Waals surface area contributed by atoms with Crippen LogP contribution in [0.2, 0.25) is 0 Å². The van der Waals surface area contributed by atoms with Crippen LogP contribution in [0.1, 0.15) is 30.7 Å². The van der Waals surface area contributed by atoms with Crippen LogP contribution in [0.3, 0.4) is 0 Å². The zero-order valence-corrected chi connectivity index (χ0v) is 18.3. The minimum atomic E-state index is 0. The van der Waals surface area contributed by atoms with Crippen molar-refractivity contribution >= 4 is 28.7 Å². The number of halogens is 1. The lowest BCUT2D eigenvalue weighted by Gasteiger charge is -2.29. The average Bonchev–Trinajstić information content (AvgIpc) is 2.67. The molecule has 2 aromatic carbocycles. The standard InChI is InChI=1S/C24H25N2.HI/c1-4-25-21(13-11-19-8-6-7-9-23(19)25)17-22-14-12-20-16-18(3)10-15-24(20)26(22)5-2;/h6-17H,4-5H2,1-3H3;1H/q+1;/p-1. The first-order chi connectivity index (χ1) is 12.7. The van der Waals surface area contributed by atoms with Gasteiger partial charge in [0.2, 0.25) is 11.2 Å². The smallest absolute Gasteiger partial charge is 0.212 e. The number of nitrogens with zero attached hydrogens (tertiary/aromatic N) is 2. The Morgan fingerprint density at radius 2 is 1.78 bits per heavy atom. The van der Waals surface area contributed by atoms with Gasteiger partial charge in [0.25, 0.3) is 0 Å². The zero-order valence-electron chi connectivity index (χ0n) is 16.1. The maximum atomic E-state index is 2.39. The van der Waals surface area contributed by atoms with Crippen molar-refractivity contribution in [2.75, 3.05) is 11.4 Å². The molecule has 0 N–H and O–H groups in total. The van der Waals surface area contributed by atoms with E-state index in [0.717, 1.165) is 13.1 Å². The van der Waals surface area contributed by atoms with Gasteiger partial charge in [0, 0.05) is 41.5 Å². The molecule has 138 valence electrons. The Kier molecular flexibility index (Phi) is 6.00. The largest absolute Gasteiger partial charge is 1.00 e. The average molecular weight is 468 g/mol. The number of para-hydroxylation sites is 1. The number of aryl methyl sites for hydroxylation is 2. The quantitative estimate of drug-likeness (QED) is 0.423. The number of allylic oxidation sites excluding steroid dienone is 1. The minimum absolute atomic E-state index is 0. The second kappa shape index (κ2) is 8.26. The molecule has 0 fully saturated rings. The van der Waals surface area contributed by atoms with Gasteiger partial charge in [0.15, 0.2) is 0 Å². The molecule has 3 heteroatoms. The summed E-state index contributed by atoms with van der Waals surface area (Å²) in [6, 6.07) is 19.7. The molecular weight excluding hydrogens is 443 g/mol. The van der Waals surface area contributed by atoms with Crippen molar-refractivity contribution in [2.45, 2.75) is 27.3 Å². The van der Waals surface area contributed by atoms with E-state index < -0.39 is 0 Å². The fourth-order valence-electron chi connectivity index (χ4n) is 3.85. The third-order valence-corrected chi connectivity index (χ3v) is 5.12. The van der Waals surface area contributed by atoms with E-state index in [0.29, 0.717) is 0 Å². The Morgan fingerprint density at radius 1 is 0.963 bits per heavy atom. The number of fused-ring (bicyclic) bond motifs is 2. The van der Waals surface area contributed by atoms with E-state index in [4.69, 9.17) is 0 Å². The molecule has 0 radical (unpaired) electrons. The predicted molar refractivity (Wildman–Crippen MR) is 111 cm³/mol. The Morgan fingerprint density at radius 3 is 2.56 bits per heavy atom. The lowest BCUT2D eigenvalue weighted by Crippen LogP contribution is -3.00. The third-order valence-electron chi connectivity index (χ3n) is 5.12. The summed E-state index contributed by atoms with van der Waals surface area (Å²) in [4.78, 5) is 2.38. The van der Waals surface area contributed by atoms with E-state index in [9.17, 15) is 0 Å². The molecule has 0 saturated carbocycles. The van der Waals surface area contributed by atoms with Crippen LogP contribution in [0.5, 0.6) is 0 Å². The van der Waals surface area contributed by atoms with Gasteiger partial charge in [0.05, 0.1) is 0 Å². The first-order valence-corrected chi connectivity index (χ1v) is 9.41. The van der Waals surface area contributed by atoms with Crippen molar-refractivity contribution in [3.8, 4) is 0 Å². The van der Waals surface area contributed by atoms with Gasteiger partial charge in [-0.15, -0.1) is 0 Å². The number of aromatic nitrogens is 1. The van der Waals surface area contributed by atoms with Crippen molar-refractivity contribution in [3.63, 3.8) is 0 Å². The van der Waals surface area contributed by atoms with Gasteiger partial charge < -0.3 is 28.9 Å². The van der Waals surface area contributed by atoms with E-state index in [-0.39, 0.29) is 24.0 Å². The summed E-state index contributed by atoms with van der Waals surface area (Å²) in [6.07, 6.45) is 6.75. The fourth-order valence-corrected chi connectivity index (χ4v) is 3.85. The molecule has 0 saturated heterocycles. The summed E-state index contributed by atoms with van der Waals surface area (Å²) in [5, 5.41) is 1.30. The van der Waals surface area contributed by atoms with Crippen molar-refractivity contribution in [1.82, 2.24) is 0 Å². The summed E-state index contributed by atoms with van der Waals surface area (Å²) in [5.41, 5.74) is 7.62. The summed E-state index contributed by atoms with van der Waals surface area (Å²) in [7, 11) is 0. The molecule has 0 aliphatic carbocycles. The van der Waals surface area contributed by atoms with E-state index in [1.807, 2.05) is 0 Å². The van der Waals surface area contributed by atoms with Gasteiger partial charge in [-0.05, 0) is 50.6 Å². The minimum Gasteiger partial charge on any atom is -1.00 e. The molecule has 1 aliphatic rings. The van der Waals surface area contributed by atoms with Crippen molar-refractivity contribution in [1.29, 1.82) is 0 Å². The van der Waals surface area contributed by atoms with Gasteiger partial charge in [-0.1, -0.05) is 35.9 Å². The van der Waals surface area contributed by atoms with Gasteiger partial charge in [0.1, 0.15) is 6.54 Å². The molecular formula is C24H25IN2. The number of hydrogen-bond donors (Lipinski definition) is 0. The molecule has 0 spiro atoms. The first-order valence-electron chi connectivity index (χ1n) is 9.41. The molecule has 0 bridgehead atoms. The summed E-state index contributed by atoms with van der Waals surface area (Å²) >= 11 is 0. The highest BCUT2D eigenvalue weighted by Gasteiger charge is 2.18. The highest BCUT2D eigenvalue weighted by Crippen LogP contribution is 2.31.